The van der Waals surface area contributed by atoms with Crippen LogP contribution in [0.4, 0.5) is 16.2 Å². The summed E-state index contributed by atoms with van der Waals surface area (Å²) in [6.07, 6.45) is 2.15. The third-order valence-electron chi connectivity index (χ3n) is 3.88. The van der Waals surface area contributed by atoms with Crippen LogP contribution in [0.1, 0.15) is 19.8 Å². The van der Waals surface area contributed by atoms with E-state index in [2.05, 4.69) is 21.3 Å². The minimum Gasteiger partial charge on any atom is -0.376 e. The second kappa shape index (κ2) is 9.24. The molecule has 24 heavy (non-hydrogen) atoms. The number of hydrogen-bond acceptors (Lipinski definition) is 4. The zero-order valence-corrected chi connectivity index (χ0v) is 14.2. The lowest BCUT2D eigenvalue weighted by Gasteiger charge is -2.13. The van der Waals surface area contributed by atoms with Gasteiger partial charge in [-0.05, 0) is 44.2 Å². The average Bonchev–Trinajstić information content (AvgIpc) is 3.08. The molecule has 3 amide bonds. The Balaban J connectivity index is 1.76. The van der Waals surface area contributed by atoms with Crippen LogP contribution in [0, 0.1) is 5.92 Å². The van der Waals surface area contributed by atoms with Crippen molar-refractivity contribution in [3.63, 3.8) is 0 Å². The van der Waals surface area contributed by atoms with E-state index in [1.807, 2.05) is 14.0 Å². The number of amides is 3. The second-order valence-electron chi connectivity index (χ2n) is 6.00. The minimum atomic E-state index is -0.259. The predicted molar refractivity (Wildman–Crippen MR) is 94.2 cm³/mol. The van der Waals surface area contributed by atoms with E-state index in [0.29, 0.717) is 24.5 Å². The van der Waals surface area contributed by atoms with E-state index in [0.717, 1.165) is 19.4 Å². The van der Waals surface area contributed by atoms with Gasteiger partial charge in [0, 0.05) is 37.0 Å². The summed E-state index contributed by atoms with van der Waals surface area (Å²) in [6, 6.07) is 6.78. The molecule has 2 rings (SSSR count). The molecular weight excluding hydrogens is 308 g/mol. The Morgan fingerprint density at radius 3 is 2.46 bits per heavy atom. The molecule has 0 bridgehead atoms. The molecule has 0 aromatic heterocycles. The lowest BCUT2D eigenvalue weighted by atomic mass is 10.1. The molecule has 1 aliphatic rings. The SMILES string of the molecule is CNCC(C)C(=O)Nc1ccc(NC(=O)NCC2CCCO2)cc1. The maximum atomic E-state index is 11.9. The zero-order chi connectivity index (χ0) is 17.4. The van der Waals surface area contributed by atoms with Crippen molar-refractivity contribution in [2.75, 3.05) is 37.4 Å². The highest BCUT2D eigenvalue weighted by Crippen LogP contribution is 2.15. The van der Waals surface area contributed by atoms with Crippen molar-refractivity contribution >= 4 is 23.3 Å². The molecule has 1 aromatic carbocycles. The van der Waals surface area contributed by atoms with Crippen LogP contribution in [0.25, 0.3) is 0 Å². The Kier molecular flexibility index (Phi) is 7.02. The number of urea groups is 1. The monoisotopic (exact) mass is 334 g/mol. The summed E-state index contributed by atoms with van der Waals surface area (Å²) in [4.78, 5) is 23.8. The Labute approximate surface area is 142 Å². The molecule has 7 heteroatoms. The summed E-state index contributed by atoms with van der Waals surface area (Å²) in [7, 11) is 1.81. The van der Waals surface area contributed by atoms with Gasteiger partial charge in [-0.2, -0.15) is 0 Å². The van der Waals surface area contributed by atoms with Gasteiger partial charge in [0.05, 0.1) is 6.10 Å². The van der Waals surface area contributed by atoms with Crippen molar-refractivity contribution in [1.82, 2.24) is 10.6 Å². The van der Waals surface area contributed by atoms with Gasteiger partial charge in [-0.15, -0.1) is 0 Å². The van der Waals surface area contributed by atoms with Crippen LogP contribution in [0.15, 0.2) is 24.3 Å². The summed E-state index contributed by atoms with van der Waals surface area (Å²) >= 11 is 0. The van der Waals surface area contributed by atoms with E-state index in [1.54, 1.807) is 24.3 Å². The molecule has 7 nitrogen and oxygen atoms in total. The molecule has 1 fully saturated rings. The molecule has 1 heterocycles. The molecule has 2 atom stereocenters. The summed E-state index contributed by atoms with van der Waals surface area (Å²) < 4.78 is 5.46. The number of rotatable bonds is 7. The minimum absolute atomic E-state index is 0.0423. The highest BCUT2D eigenvalue weighted by Gasteiger charge is 2.16. The van der Waals surface area contributed by atoms with Crippen molar-refractivity contribution in [3.8, 4) is 0 Å². The van der Waals surface area contributed by atoms with Gasteiger partial charge < -0.3 is 26.0 Å². The van der Waals surface area contributed by atoms with Gasteiger partial charge in [0.2, 0.25) is 5.91 Å². The standard InChI is InChI=1S/C17H26N4O3/c1-12(10-18-2)16(22)20-13-5-7-14(8-6-13)21-17(23)19-11-15-4-3-9-24-15/h5-8,12,15,18H,3-4,9-11H2,1-2H3,(H,20,22)(H2,19,21,23). The molecule has 4 N–H and O–H groups in total. The third kappa shape index (κ3) is 5.82. The first-order valence-electron chi connectivity index (χ1n) is 8.30. The Morgan fingerprint density at radius 2 is 1.88 bits per heavy atom. The van der Waals surface area contributed by atoms with E-state index < -0.39 is 0 Å². The molecule has 2 unspecified atom stereocenters. The van der Waals surface area contributed by atoms with Crippen LogP contribution in [0.2, 0.25) is 0 Å². The lowest BCUT2D eigenvalue weighted by molar-refractivity contribution is -0.119. The first-order chi connectivity index (χ1) is 11.6. The van der Waals surface area contributed by atoms with Crippen LogP contribution < -0.4 is 21.3 Å². The van der Waals surface area contributed by atoms with Gasteiger partial charge in [-0.3, -0.25) is 4.79 Å². The first kappa shape index (κ1) is 18.2. The molecule has 0 saturated carbocycles. The summed E-state index contributed by atoms with van der Waals surface area (Å²) in [5.41, 5.74) is 1.37. The smallest absolute Gasteiger partial charge is 0.319 e. The topological polar surface area (TPSA) is 91.5 Å². The highest BCUT2D eigenvalue weighted by atomic mass is 16.5. The summed E-state index contributed by atoms with van der Waals surface area (Å²) in [5, 5.41) is 11.4. The summed E-state index contributed by atoms with van der Waals surface area (Å²) in [6.45, 7) is 3.77. The third-order valence-corrected chi connectivity index (χ3v) is 3.88. The normalized spacial score (nSPS) is 18.0. The number of nitrogens with one attached hydrogen (secondary N) is 4. The quantitative estimate of drug-likeness (QED) is 0.612. The number of carbonyl (C=O) groups excluding carboxylic acids is 2. The number of anilines is 2. The van der Waals surface area contributed by atoms with Crippen molar-refractivity contribution in [1.29, 1.82) is 0 Å². The van der Waals surface area contributed by atoms with Crippen molar-refractivity contribution in [2.24, 2.45) is 5.92 Å². The average molecular weight is 334 g/mol. The lowest BCUT2D eigenvalue weighted by Crippen LogP contribution is -2.35. The Bertz CT molecular complexity index is 541. The molecular formula is C17H26N4O3. The number of carbonyl (C=O) groups is 2. The van der Waals surface area contributed by atoms with Crippen molar-refractivity contribution < 1.29 is 14.3 Å². The number of ether oxygens (including phenoxy) is 1. The fourth-order valence-electron chi connectivity index (χ4n) is 2.49. The van der Waals surface area contributed by atoms with Gasteiger partial charge >= 0.3 is 6.03 Å². The molecule has 132 valence electrons. The van der Waals surface area contributed by atoms with E-state index >= 15 is 0 Å². The first-order valence-corrected chi connectivity index (χ1v) is 8.30. The largest absolute Gasteiger partial charge is 0.376 e. The summed E-state index contributed by atoms with van der Waals surface area (Å²) in [5.74, 6) is -0.157. The number of hydrogen-bond donors (Lipinski definition) is 4. The van der Waals surface area contributed by atoms with Crippen LogP contribution in [-0.2, 0) is 9.53 Å². The Morgan fingerprint density at radius 1 is 1.21 bits per heavy atom. The maximum Gasteiger partial charge on any atom is 0.319 e. The second-order valence-corrected chi connectivity index (χ2v) is 6.00. The van der Waals surface area contributed by atoms with Gasteiger partial charge in [0.15, 0.2) is 0 Å². The molecule has 1 aromatic rings. The van der Waals surface area contributed by atoms with E-state index in [4.69, 9.17) is 4.74 Å². The molecule has 0 radical (unpaired) electrons. The molecule has 1 saturated heterocycles. The van der Waals surface area contributed by atoms with Crippen LogP contribution in [0.3, 0.4) is 0 Å². The van der Waals surface area contributed by atoms with E-state index in [1.165, 1.54) is 0 Å². The van der Waals surface area contributed by atoms with Gasteiger partial charge in [0.25, 0.3) is 0 Å². The van der Waals surface area contributed by atoms with E-state index in [9.17, 15) is 9.59 Å². The molecule has 1 aliphatic heterocycles. The van der Waals surface area contributed by atoms with Crippen molar-refractivity contribution in [3.05, 3.63) is 24.3 Å². The Hall–Kier alpha value is -2.12. The van der Waals surface area contributed by atoms with Crippen LogP contribution >= 0.6 is 0 Å². The van der Waals surface area contributed by atoms with Crippen LogP contribution in [-0.4, -0.2) is 44.8 Å². The molecule has 0 spiro atoms. The van der Waals surface area contributed by atoms with Gasteiger partial charge in [-0.25, -0.2) is 4.79 Å². The van der Waals surface area contributed by atoms with Crippen molar-refractivity contribution in [2.45, 2.75) is 25.9 Å². The van der Waals surface area contributed by atoms with E-state index in [-0.39, 0.29) is 24.0 Å². The fraction of sp³-hybridized carbons (Fsp3) is 0.529. The number of benzene rings is 1. The fourth-order valence-corrected chi connectivity index (χ4v) is 2.49. The molecule has 0 aliphatic carbocycles. The zero-order valence-electron chi connectivity index (χ0n) is 14.2. The predicted octanol–water partition coefficient (Wildman–Crippen LogP) is 1.78. The van der Waals surface area contributed by atoms with Gasteiger partial charge in [0.1, 0.15) is 0 Å². The highest BCUT2D eigenvalue weighted by molar-refractivity contribution is 5.93. The van der Waals surface area contributed by atoms with Crippen LogP contribution in [0.5, 0.6) is 0 Å². The maximum absolute atomic E-state index is 11.9. The van der Waals surface area contributed by atoms with Gasteiger partial charge in [-0.1, -0.05) is 6.92 Å².